The molecule has 1 N–H and O–H groups in total. The van der Waals surface area contributed by atoms with Gasteiger partial charge < -0.3 is 9.84 Å². The second-order valence-electron chi connectivity index (χ2n) is 3.96. The topological polar surface area (TPSA) is 62.7 Å². The van der Waals surface area contributed by atoms with Crippen molar-refractivity contribution >= 4 is 17.7 Å². The molecule has 0 aliphatic carbocycles. The standard InChI is InChI=1S/C12H16N2O3S/c15-12(16)10-2-1-3-13-11(10)18-9-6-14-4-7-17-8-5-14/h1-3H,4-9H2,(H,15,16). The quantitative estimate of drug-likeness (QED) is 0.810. The summed E-state index contributed by atoms with van der Waals surface area (Å²) in [5.74, 6) is -0.0749. The van der Waals surface area contributed by atoms with Gasteiger partial charge in [-0.1, -0.05) is 0 Å². The summed E-state index contributed by atoms with van der Waals surface area (Å²) >= 11 is 1.49. The third kappa shape index (κ3) is 3.69. The normalized spacial score (nSPS) is 16.7. The highest BCUT2D eigenvalue weighted by Gasteiger charge is 2.13. The molecule has 98 valence electrons. The number of nitrogens with zero attached hydrogens (tertiary/aromatic N) is 2. The Balaban J connectivity index is 1.84. The molecule has 0 aromatic carbocycles. The number of hydrogen-bond acceptors (Lipinski definition) is 5. The minimum Gasteiger partial charge on any atom is -0.478 e. The van der Waals surface area contributed by atoms with Crippen molar-refractivity contribution in [2.75, 3.05) is 38.6 Å². The lowest BCUT2D eigenvalue weighted by atomic mass is 10.3. The van der Waals surface area contributed by atoms with Gasteiger partial charge in [0.25, 0.3) is 0 Å². The zero-order valence-electron chi connectivity index (χ0n) is 10.0. The van der Waals surface area contributed by atoms with Gasteiger partial charge in [-0.15, -0.1) is 11.8 Å². The predicted molar refractivity (Wildman–Crippen MR) is 69.2 cm³/mol. The van der Waals surface area contributed by atoms with Crippen molar-refractivity contribution < 1.29 is 14.6 Å². The average molecular weight is 268 g/mol. The molecule has 6 heteroatoms. The summed E-state index contributed by atoms with van der Waals surface area (Å²) in [6.45, 7) is 4.41. The first-order chi connectivity index (χ1) is 8.77. The first kappa shape index (κ1) is 13.3. The maximum Gasteiger partial charge on any atom is 0.338 e. The maximum absolute atomic E-state index is 11.0. The summed E-state index contributed by atoms with van der Waals surface area (Å²) < 4.78 is 5.28. The Morgan fingerprint density at radius 1 is 1.50 bits per heavy atom. The number of carbonyl (C=O) groups is 1. The molecule has 0 amide bonds. The number of thioether (sulfide) groups is 1. The summed E-state index contributed by atoms with van der Waals surface area (Å²) in [6, 6.07) is 3.24. The first-order valence-electron chi connectivity index (χ1n) is 5.88. The number of aromatic carboxylic acids is 1. The van der Waals surface area contributed by atoms with Gasteiger partial charge in [0.05, 0.1) is 18.8 Å². The Hall–Kier alpha value is -1.11. The SMILES string of the molecule is O=C(O)c1cccnc1SCCN1CCOCC1. The van der Waals surface area contributed by atoms with Crippen LogP contribution in [0.25, 0.3) is 0 Å². The van der Waals surface area contributed by atoms with Crippen molar-refractivity contribution in [1.29, 1.82) is 0 Å². The van der Waals surface area contributed by atoms with Crippen LogP contribution in [0.3, 0.4) is 0 Å². The Morgan fingerprint density at radius 2 is 2.28 bits per heavy atom. The van der Waals surface area contributed by atoms with Gasteiger partial charge in [0.15, 0.2) is 0 Å². The highest BCUT2D eigenvalue weighted by Crippen LogP contribution is 2.20. The van der Waals surface area contributed by atoms with Gasteiger partial charge in [-0.25, -0.2) is 9.78 Å². The van der Waals surface area contributed by atoms with Crippen molar-refractivity contribution in [2.45, 2.75) is 5.03 Å². The first-order valence-corrected chi connectivity index (χ1v) is 6.87. The van der Waals surface area contributed by atoms with E-state index < -0.39 is 5.97 Å². The maximum atomic E-state index is 11.0. The number of rotatable bonds is 5. The molecule has 1 fully saturated rings. The van der Waals surface area contributed by atoms with Crippen LogP contribution in [0.2, 0.25) is 0 Å². The molecule has 0 radical (unpaired) electrons. The molecule has 1 aliphatic heterocycles. The lowest BCUT2D eigenvalue weighted by Crippen LogP contribution is -2.37. The molecular formula is C12H16N2O3S. The second kappa shape index (κ2) is 6.72. The van der Waals surface area contributed by atoms with Crippen LogP contribution in [-0.4, -0.2) is 59.6 Å². The molecule has 2 heterocycles. The van der Waals surface area contributed by atoms with Crippen LogP contribution in [-0.2, 0) is 4.74 Å². The van der Waals surface area contributed by atoms with Crippen LogP contribution in [0.4, 0.5) is 0 Å². The van der Waals surface area contributed by atoms with E-state index in [0.29, 0.717) is 5.03 Å². The van der Waals surface area contributed by atoms with E-state index in [0.717, 1.165) is 38.6 Å². The van der Waals surface area contributed by atoms with Gasteiger partial charge in [-0.05, 0) is 12.1 Å². The van der Waals surface area contributed by atoms with Gasteiger partial charge in [0.1, 0.15) is 5.03 Å². The molecule has 0 bridgehead atoms. The Labute approximate surface area is 110 Å². The van der Waals surface area contributed by atoms with Crippen molar-refractivity contribution in [3.05, 3.63) is 23.9 Å². The van der Waals surface area contributed by atoms with Gasteiger partial charge >= 0.3 is 5.97 Å². The van der Waals surface area contributed by atoms with Crippen LogP contribution in [0.5, 0.6) is 0 Å². The van der Waals surface area contributed by atoms with Crippen LogP contribution >= 0.6 is 11.8 Å². The van der Waals surface area contributed by atoms with E-state index in [1.165, 1.54) is 11.8 Å². The summed E-state index contributed by atoms with van der Waals surface area (Å²) in [5.41, 5.74) is 0.282. The van der Waals surface area contributed by atoms with Gasteiger partial charge in [-0.2, -0.15) is 0 Å². The van der Waals surface area contributed by atoms with E-state index in [1.54, 1.807) is 18.3 Å². The fraction of sp³-hybridized carbons (Fsp3) is 0.500. The average Bonchev–Trinajstić information content (AvgIpc) is 2.40. The molecule has 5 nitrogen and oxygen atoms in total. The summed E-state index contributed by atoms with van der Waals surface area (Å²) in [7, 11) is 0. The van der Waals surface area contributed by atoms with E-state index in [4.69, 9.17) is 9.84 Å². The van der Waals surface area contributed by atoms with Crippen LogP contribution in [0, 0.1) is 0 Å². The molecule has 1 aromatic rings. The second-order valence-corrected chi connectivity index (χ2v) is 5.05. The number of carboxylic acids is 1. The van der Waals surface area contributed by atoms with Crippen molar-refractivity contribution in [3.63, 3.8) is 0 Å². The van der Waals surface area contributed by atoms with Gasteiger partial charge in [-0.3, -0.25) is 4.90 Å². The third-order valence-electron chi connectivity index (χ3n) is 2.75. The number of ether oxygens (including phenoxy) is 1. The number of hydrogen-bond donors (Lipinski definition) is 1. The summed E-state index contributed by atoms with van der Waals surface area (Å²) in [6.07, 6.45) is 1.63. The van der Waals surface area contributed by atoms with Crippen LogP contribution < -0.4 is 0 Å². The van der Waals surface area contributed by atoms with Gasteiger partial charge in [0, 0.05) is 31.6 Å². The molecule has 0 unspecified atom stereocenters. The molecule has 18 heavy (non-hydrogen) atoms. The number of pyridine rings is 1. The zero-order chi connectivity index (χ0) is 12.8. The molecule has 0 atom stereocenters. The van der Waals surface area contributed by atoms with Crippen LogP contribution in [0.15, 0.2) is 23.4 Å². The van der Waals surface area contributed by atoms with Crippen molar-refractivity contribution in [1.82, 2.24) is 9.88 Å². The highest BCUT2D eigenvalue weighted by atomic mass is 32.2. The fourth-order valence-corrected chi connectivity index (χ4v) is 2.75. The molecule has 1 aromatic heterocycles. The molecular weight excluding hydrogens is 252 g/mol. The molecule has 1 saturated heterocycles. The minimum absolute atomic E-state index is 0.282. The monoisotopic (exact) mass is 268 g/mol. The van der Waals surface area contributed by atoms with E-state index in [-0.39, 0.29) is 5.56 Å². The largest absolute Gasteiger partial charge is 0.478 e. The van der Waals surface area contributed by atoms with E-state index in [9.17, 15) is 4.79 Å². The van der Waals surface area contributed by atoms with E-state index >= 15 is 0 Å². The van der Waals surface area contributed by atoms with Crippen molar-refractivity contribution in [3.8, 4) is 0 Å². The summed E-state index contributed by atoms with van der Waals surface area (Å²) in [5, 5.41) is 9.63. The Kier molecular flexibility index (Phi) is 4.98. The fourth-order valence-electron chi connectivity index (χ4n) is 1.76. The highest BCUT2D eigenvalue weighted by molar-refractivity contribution is 7.99. The lowest BCUT2D eigenvalue weighted by molar-refractivity contribution is 0.0410. The smallest absolute Gasteiger partial charge is 0.338 e. The molecule has 0 saturated carbocycles. The number of carboxylic acid groups (broad SMARTS) is 1. The molecule has 0 spiro atoms. The zero-order valence-corrected chi connectivity index (χ0v) is 10.9. The lowest BCUT2D eigenvalue weighted by Gasteiger charge is -2.26. The predicted octanol–water partition coefficient (Wildman–Crippen LogP) is 1.20. The molecule has 2 rings (SSSR count). The van der Waals surface area contributed by atoms with Crippen molar-refractivity contribution in [2.24, 2.45) is 0 Å². The Bertz CT molecular complexity index is 408. The number of aromatic nitrogens is 1. The summed E-state index contributed by atoms with van der Waals surface area (Å²) in [4.78, 5) is 17.4. The number of morpholine rings is 1. The van der Waals surface area contributed by atoms with Gasteiger partial charge in [0.2, 0.25) is 0 Å². The third-order valence-corrected chi connectivity index (χ3v) is 3.74. The minimum atomic E-state index is -0.919. The Morgan fingerprint density at radius 3 is 3.00 bits per heavy atom. The van der Waals surface area contributed by atoms with Crippen LogP contribution in [0.1, 0.15) is 10.4 Å². The molecule has 1 aliphatic rings. The van der Waals surface area contributed by atoms with E-state index in [2.05, 4.69) is 9.88 Å². The van der Waals surface area contributed by atoms with E-state index in [1.807, 2.05) is 0 Å².